The van der Waals surface area contributed by atoms with Crippen molar-refractivity contribution < 1.29 is 9.53 Å². The molecule has 0 saturated heterocycles. The minimum absolute atomic E-state index is 0.245. The highest BCUT2D eigenvalue weighted by molar-refractivity contribution is 5.95. The number of hydrogen-bond acceptors (Lipinski definition) is 3. The van der Waals surface area contributed by atoms with Gasteiger partial charge in [0.25, 0.3) is 0 Å². The maximum Gasteiger partial charge on any atom is 0.328 e. The molecule has 0 heterocycles. The molecule has 1 atom stereocenters. The van der Waals surface area contributed by atoms with Crippen LogP contribution in [0, 0.1) is 0 Å². The molecule has 0 spiro atoms. The second-order valence-corrected chi connectivity index (χ2v) is 5.93. The van der Waals surface area contributed by atoms with E-state index in [2.05, 4.69) is 17.4 Å². The largest absolute Gasteiger partial charge is 0.458 e. The summed E-state index contributed by atoms with van der Waals surface area (Å²) in [6.45, 7) is 7.43. The number of anilines is 1. The number of nitrogens with one attached hydrogen (secondary N) is 1. The lowest BCUT2D eigenvalue weighted by molar-refractivity contribution is -0.155. The van der Waals surface area contributed by atoms with E-state index in [4.69, 9.17) is 4.74 Å². The number of benzene rings is 2. The van der Waals surface area contributed by atoms with Gasteiger partial charge in [-0.25, -0.2) is 4.79 Å². The first-order valence-corrected chi connectivity index (χ1v) is 6.84. The monoisotopic (exact) mass is 271 g/mol. The van der Waals surface area contributed by atoms with Crippen molar-refractivity contribution in [3.8, 4) is 0 Å². The predicted molar refractivity (Wildman–Crippen MR) is 82.9 cm³/mol. The third-order valence-corrected chi connectivity index (χ3v) is 2.92. The van der Waals surface area contributed by atoms with Crippen molar-refractivity contribution in [3.05, 3.63) is 42.5 Å². The Labute approximate surface area is 119 Å². The molecule has 3 nitrogen and oxygen atoms in total. The van der Waals surface area contributed by atoms with Gasteiger partial charge in [-0.05, 0) is 39.1 Å². The molecular weight excluding hydrogens is 250 g/mol. The van der Waals surface area contributed by atoms with Gasteiger partial charge in [0, 0.05) is 11.1 Å². The summed E-state index contributed by atoms with van der Waals surface area (Å²) in [4.78, 5) is 12.0. The summed E-state index contributed by atoms with van der Waals surface area (Å²) in [5.41, 5.74) is 0.479. The van der Waals surface area contributed by atoms with Crippen molar-refractivity contribution in [3.63, 3.8) is 0 Å². The second-order valence-electron chi connectivity index (χ2n) is 5.93. The zero-order valence-corrected chi connectivity index (χ0v) is 12.4. The van der Waals surface area contributed by atoms with E-state index >= 15 is 0 Å². The number of esters is 1. The Morgan fingerprint density at radius 3 is 2.45 bits per heavy atom. The average molecular weight is 271 g/mol. The van der Waals surface area contributed by atoms with Gasteiger partial charge in [-0.1, -0.05) is 36.4 Å². The highest BCUT2D eigenvalue weighted by Crippen LogP contribution is 2.24. The van der Waals surface area contributed by atoms with Crippen LogP contribution in [0.1, 0.15) is 27.7 Å². The minimum atomic E-state index is -0.466. The van der Waals surface area contributed by atoms with Gasteiger partial charge >= 0.3 is 5.97 Å². The van der Waals surface area contributed by atoms with Crippen LogP contribution in [0.2, 0.25) is 0 Å². The molecule has 0 unspecified atom stereocenters. The molecule has 1 N–H and O–H groups in total. The maximum absolute atomic E-state index is 12.0. The van der Waals surface area contributed by atoms with Crippen LogP contribution in [-0.2, 0) is 9.53 Å². The molecule has 0 aliphatic carbocycles. The first-order valence-electron chi connectivity index (χ1n) is 6.84. The molecule has 0 fully saturated rings. The van der Waals surface area contributed by atoms with Crippen molar-refractivity contribution in [1.82, 2.24) is 0 Å². The van der Waals surface area contributed by atoms with Gasteiger partial charge < -0.3 is 10.1 Å². The first-order chi connectivity index (χ1) is 9.37. The summed E-state index contributed by atoms with van der Waals surface area (Å²) in [5, 5.41) is 5.48. The number of fused-ring (bicyclic) bond motifs is 1. The van der Waals surface area contributed by atoms with Gasteiger partial charge in [-0.3, -0.25) is 0 Å². The summed E-state index contributed by atoms with van der Waals surface area (Å²) in [6, 6.07) is 13.7. The molecule has 0 bridgehead atoms. The van der Waals surface area contributed by atoms with E-state index in [1.807, 2.05) is 58.0 Å². The molecule has 0 aromatic heterocycles. The van der Waals surface area contributed by atoms with E-state index in [9.17, 15) is 4.79 Å². The van der Waals surface area contributed by atoms with Crippen molar-refractivity contribution in [1.29, 1.82) is 0 Å². The Kier molecular flexibility index (Phi) is 3.98. The maximum atomic E-state index is 12.0. The quantitative estimate of drug-likeness (QED) is 0.858. The van der Waals surface area contributed by atoms with Crippen LogP contribution >= 0.6 is 0 Å². The van der Waals surface area contributed by atoms with Crippen LogP contribution in [0.3, 0.4) is 0 Å². The lowest BCUT2D eigenvalue weighted by atomic mass is 10.1. The number of carbonyl (C=O) groups is 1. The normalized spacial score (nSPS) is 13.0. The number of rotatable bonds is 3. The average Bonchev–Trinajstić information content (AvgIpc) is 2.37. The van der Waals surface area contributed by atoms with Crippen LogP contribution in [0.15, 0.2) is 42.5 Å². The molecule has 2 aromatic carbocycles. The Morgan fingerprint density at radius 1 is 1.10 bits per heavy atom. The van der Waals surface area contributed by atoms with E-state index in [0.717, 1.165) is 16.5 Å². The molecule has 2 aromatic rings. The second kappa shape index (κ2) is 5.53. The predicted octanol–water partition coefficient (Wildman–Crippen LogP) is 3.98. The number of carbonyl (C=O) groups excluding carboxylic acids is 1. The number of ether oxygens (including phenoxy) is 1. The van der Waals surface area contributed by atoms with Gasteiger partial charge in [0.2, 0.25) is 0 Å². The lowest BCUT2D eigenvalue weighted by Crippen LogP contribution is -2.34. The fourth-order valence-corrected chi connectivity index (χ4v) is 2.03. The fraction of sp³-hybridized carbons (Fsp3) is 0.353. The minimum Gasteiger partial charge on any atom is -0.458 e. The molecule has 0 aliphatic rings. The Balaban J connectivity index is 2.18. The molecule has 0 radical (unpaired) electrons. The summed E-state index contributed by atoms with van der Waals surface area (Å²) in [6.07, 6.45) is 0. The third-order valence-electron chi connectivity index (χ3n) is 2.92. The van der Waals surface area contributed by atoms with Gasteiger partial charge in [-0.15, -0.1) is 0 Å². The molecule has 0 amide bonds. The summed E-state index contributed by atoms with van der Waals surface area (Å²) >= 11 is 0. The highest BCUT2D eigenvalue weighted by Gasteiger charge is 2.21. The number of hydrogen-bond donors (Lipinski definition) is 1. The van der Waals surface area contributed by atoms with Crippen LogP contribution < -0.4 is 5.32 Å². The van der Waals surface area contributed by atoms with Crippen molar-refractivity contribution in [2.45, 2.75) is 39.3 Å². The van der Waals surface area contributed by atoms with Gasteiger partial charge in [-0.2, -0.15) is 0 Å². The zero-order chi connectivity index (χ0) is 14.8. The van der Waals surface area contributed by atoms with E-state index in [1.54, 1.807) is 0 Å². The third kappa shape index (κ3) is 3.50. The molecular formula is C17H21NO2. The topological polar surface area (TPSA) is 38.3 Å². The molecule has 20 heavy (non-hydrogen) atoms. The summed E-state index contributed by atoms with van der Waals surface area (Å²) in [5.74, 6) is -0.245. The van der Waals surface area contributed by atoms with Crippen LogP contribution in [0.5, 0.6) is 0 Å². The van der Waals surface area contributed by atoms with Crippen LogP contribution in [0.4, 0.5) is 5.69 Å². The van der Waals surface area contributed by atoms with E-state index in [1.165, 1.54) is 0 Å². The van der Waals surface area contributed by atoms with E-state index in [0.29, 0.717) is 0 Å². The fourth-order valence-electron chi connectivity index (χ4n) is 2.03. The van der Waals surface area contributed by atoms with Gasteiger partial charge in [0.05, 0.1) is 0 Å². The van der Waals surface area contributed by atoms with Crippen molar-refractivity contribution in [2.24, 2.45) is 0 Å². The SMILES string of the molecule is C[C@H](Nc1cccc2ccccc12)C(=O)OC(C)(C)C. The smallest absolute Gasteiger partial charge is 0.328 e. The molecule has 2 rings (SSSR count). The lowest BCUT2D eigenvalue weighted by Gasteiger charge is -2.23. The van der Waals surface area contributed by atoms with Crippen LogP contribution in [0.25, 0.3) is 10.8 Å². The molecule has 3 heteroatoms. The molecule has 0 aliphatic heterocycles. The van der Waals surface area contributed by atoms with Gasteiger partial charge in [0.1, 0.15) is 11.6 Å². The highest BCUT2D eigenvalue weighted by atomic mass is 16.6. The van der Waals surface area contributed by atoms with Gasteiger partial charge in [0.15, 0.2) is 0 Å². The van der Waals surface area contributed by atoms with E-state index < -0.39 is 5.60 Å². The Morgan fingerprint density at radius 2 is 1.75 bits per heavy atom. The first kappa shape index (κ1) is 14.4. The molecule has 106 valence electrons. The van der Waals surface area contributed by atoms with E-state index in [-0.39, 0.29) is 12.0 Å². The zero-order valence-electron chi connectivity index (χ0n) is 12.4. The standard InChI is InChI=1S/C17H21NO2/c1-12(16(19)20-17(2,3)4)18-15-11-7-9-13-8-5-6-10-14(13)15/h5-12,18H,1-4H3/t12-/m0/s1. The summed E-state index contributed by atoms with van der Waals surface area (Å²) in [7, 11) is 0. The Bertz CT molecular complexity index is 608. The van der Waals surface area contributed by atoms with Crippen molar-refractivity contribution >= 4 is 22.4 Å². The summed E-state index contributed by atoms with van der Waals surface area (Å²) < 4.78 is 5.38. The van der Waals surface area contributed by atoms with Crippen LogP contribution in [-0.4, -0.2) is 17.6 Å². The van der Waals surface area contributed by atoms with Crippen molar-refractivity contribution in [2.75, 3.05) is 5.32 Å². The Hall–Kier alpha value is -2.03. The molecule has 0 saturated carbocycles.